The van der Waals surface area contributed by atoms with Gasteiger partial charge in [-0.05, 0) is 51.7 Å². The molecule has 2 rings (SSSR count). The molecule has 0 N–H and O–H groups in total. The predicted molar refractivity (Wildman–Crippen MR) is 97.7 cm³/mol. The summed E-state index contributed by atoms with van der Waals surface area (Å²) in [5.41, 5.74) is 3.29. The zero-order chi connectivity index (χ0) is 16.9. The average Bonchev–Trinajstić information content (AvgIpc) is 2.94. The Morgan fingerprint density at radius 3 is 2.43 bits per heavy atom. The number of nitrogens with zero attached hydrogens (tertiary/aromatic N) is 2. The van der Waals surface area contributed by atoms with Crippen molar-refractivity contribution in [3.8, 4) is 0 Å². The Labute approximate surface area is 143 Å². The van der Waals surface area contributed by atoms with Crippen LogP contribution >= 0.6 is 11.7 Å². The molecule has 1 aromatic carbocycles. The highest BCUT2D eigenvalue weighted by atomic mass is 32.2. The molecule has 0 bridgehead atoms. The number of unbranched alkanes of at least 4 members (excludes halogenated alkanes) is 4. The van der Waals surface area contributed by atoms with Crippen molar-refractivity contribution >= 4 is 32.6 Å². The smallest absolute Gasteiger partial charge is 0.155 e. The third-order valence-corrected chi connectivity index (χ3v) is 7.40. The maximum Gasteiger partial charge on any atom is 0.155 e. The van der Waals surface area contributed by atoms with Crippen molar-refractivity contribution in [3.63, 3.8) is 0 Å². The standard InChI is InChI=1S/C17H26N2O2S2/c1-17(2,3)23(20,21)13-8-6-4-5-7-10-14-11-9-12-15-16(14)19-22-18-15/h9,11-12H,4-8,10,13H2,1-3H3. The van der Waals surface area contributed by atoms with Crippen LogP contribution in [-0.4, -0.2) is 27.7 Å². The first-order valence-corrected chi connectivity index (χ1v) is 10.6. The fourth-order valence-electron chi connectivity index (χ4n) is 2.51. The summed E-state index contributed by atoms with van der Waals surface area (Å²) in [6.07, 6.45) is 6.10. The maximum absolute atomic E-state index is 12.0. The molecule has 1 heterocycles. The summed E-state index contributed by atoms with van der Waals surface area (Å²) < 4.78 is 32.0. The van der Waals surface area contributed by atoms with E-state index in [1.807, 2.05) is 12.1 Å². The Bertz CT molecular complexity index is 730. The molecular formula is C17H26N2O2S2. The van der Waals surface area contributed by atoms with Gasteiger partial charge in [0.25, 0.3) is 0 Å². The molecule has 6 heteroatoms. The van der Waals surface area contributed by atoms with Gasteiger partial charge in [0.15, 0.2) is 9.84 Å². The van der Waals surface area contributed by atoms with Gasteiger partial charge in [0.2, 0.25) is 0 Å². The highest BCUT2D eigenvalue weighted by Gasteiger charge is 2.27. The Morgan fingerprint density at radius 2 is 1.70 bits per heavy atom. The second kappa shape index (κ2) is 7.71. The molecule has 2 aromatic rings. The molecule has 0 spiro atoms. The van der Waals surface area contributed by atoms with Crippen molar-refractivity contribution in [1.29, 1.82) is 0 Å². The molecule has 0 aliphatic carbocycles. The molecule has 1 aromatic heterocycles. The van der Waals surface area contributed by atoms with Gasteiger partial charge >= 0.3 is 0 Å². The summed E-state index contributed by atoms with van der Waals surface area (Å²) in [6.45, 7) is 5.32. The van der Waals surface area contributed by atoms with E-state index in [0.29, 0.717) is 5.75 Å². The van der Waals surface area contributed by atoms with Gasteiger partial charge in [-0.1, -0.05) is 31.4 Å². The second-order valence-corrected chi connectivity index (χ2v) is 10.4. The SMILES string of the molecule is CC(C)(C)S(=O)(=O)CCCCCCCc1cccc2nsnc12. The molecule has 0 saturated heterocycles. The molecule has 0 unspecified atom stereocenters. The highest BCUT2D eigenvalue weighted by Crippen LogP contribution is 2.20. The van der Waals surface area contributed by atoms with Crippen molar-refractivity contribution in [2.75, 3.05) is 5.75 Å². The lowest BCUT2D eigenvalue weighted by molar-refractivity contribution is 0.552. The van der Waals surface area contributed by atoms with Crippen LogP contribution in [0.2, 0.25) is 0 Å². The van der Waals surface area contributed by atoms with Crippen LogP contribution in [0.1, 0.15) is 58.4 Å². The van der Waals surface area contributed by atoms with Gasteiger partial charge in [0.1, 0.15) is 11.0 Å². The van der Waals surface area contributed by atoms with Gasteiger partial charge < -0.3 is 0 Å². The lowest BCUT2D eigenvalue weighted by atomic mass is 10.0. The van der Waals surface area contributed by atoms with E-state index in [1.54, 1.807) is 20.8 Å². The summed E-state index contributed by atoms with van der Waals surface area (Å²) in [4.78, 5) is 0. The first kappa shape index (κ1) is 18.3. The van der Waals surface area contributed by atoms with E-state index in [4.69, 9.17) is 0 Å². The van der Waals surface area contributed by atoms with Crippen molar-refractivity contribution in [1.82, 2.24) is 8.75 Å². The molecule has 128 valence electrons. The molecular weight excluding hydrogens is 328 g/mol. The lowest BCUT2D eigenvalue weighted by Gasteiger charge is -2.18. The Kier molecular flexibility index (Phi) is 6.14. The highest BCUT2D eigenvalue weighted by molar-refractivity contribution is 7.92. The van der Waals surface area contributed by atoms with E-state index in [1.165, 1.54) is 17.3 Å². The van der Waals surface area contributed by atoms with Gasteiger partial charge in [0, 0.05) is 0 Å². The van der Waals surface area contributed by atoms with Gasteiger partial charge in [-0.3, -0.25) is 0 Å². The third kappa shape index (κ3) is 4.98. The van der Waals surface area contributed by atoms with Crippen LogP contribution in [0.15, 0.2) is 18.2 Å². The molecule has 0 aliphatic rings. The maximum atomic E-state index is 12.0. The number of benzene rings is 1. The zero-order valence-corrected chi connectivity index (χ0v) is 15.8. The van der Waals surface area contributed by atoms with Gasteiger partial charge in [-0.25, -0.2) is 8.42 Å². The number of aryl methyl sites for hydroxylation is 1. The normalized spacial score (nSPS) is 12.8. The fraction of sp³-hybridized carbons (Fsp3) is 0.647. The van der Waals surface area contributed by atoms with E-state index in [9.17, 15) is 8.42 Å². The van der Waals surface area contributed by atoms with Crippen molar-refractivity contribution < 1.29 is 8.42 Å². The molecule has 0 aliphatic heterocycles. The largest absolute Gasteiger partial charge is 0.228 e. The Morgan fingerprint density at radius 1 is 1.00 bits per heavy atom. The van der Waals surface area contributed by atoms with Crippen molar-refractivity contribution in [3.05, 3.63) is 23.8 Å². The van der Waals surface area contributed by atoms with E-state index in [0.717, 1.165) is 49.6 Å². The topological polar surface area (TPSA) is 59.9 Å². The third-order valence-electron chi connectivity index (χ3n) is 4.16. The quantitative estimate of drug-likeness (QED) is 0.659. The number of fused-ring (bicyclic) bond motifs is 1. The summed E-state index contributed by atoms with van der Waals surface area (Å²) in [7, 11) is -2.97. The Balaban J connectivity index is 1.66. The van der Waals surface area contributed by atoms with Crippen LogP contribution in [-0.2, 0) is 16.3 Å². The molecule has 23 heavy (non-hydrogen) atoms. The van der Waals surface area contributed by atoms with Crippen LogP contribution in [0.3, 0.4) is 0 Å². The van der Waals surface area contributed by atoms with Crippen LogP contribution in [0.25, 0.3) is 11.0 Å². The van der Waals surface area contributed by atoms with Crippen LogP contribution in [0.4, 0.5) is 0 Å². The van der Waals surface area contributed by atoms with Crippen molar-refractivity contribution in [2.45, 2.75) is 64.0 Å². The molecule has 0 radical (unpaired) electrons. The Hall–Kier alpha value is -1.01. The van der Waals surface area contributed by atoms with Crippen LogP contribution < -0.4 is 0 Å². The van der Waals surface area contributed by atoms with Gasteiger partial charge in [-0.15, -0.1) is 0 Å². The van der Waals surface area contributed by atoms with Gasteiger partial charge in [-0.2, -0.15) is 8.75 Å². The minimum atomic E-state index is -2.97. The summed E-state index contributed by atoms with van der Waals surface area (Å²) >= 11 is 1.26. The fourth-order valence-corrected chi connectivity index (χ4v) is 4.27. The second-order valence-electron chi connectivity index (χ2n) is 7.00. The number of hydrogen-bond acceptors (Lipinski definition) is 5. The number of rotatable bonds is 8. The number of sulfone groups is 1. The first-order valence-electron chi connectivity index (χ1n) is 8.24. The molecule has 0 saturated carbocycles. The molecule has 0 atom stereocenters. The number of aromatic nitrogens is 2. The van der Waals surface area contributed by atoms with Crippen molar-refractivity contribution in [2.24, 2.45) is 0 Å². The lowest BCUT2D eigenvalue weighted by Crippen LogP contribution is -2.30. The van der Waals surface area contributed by atoms with E-state index in [2.05, 4.69) is 14.8 Å². The number of hydrogen-bond donors (Lipinski definition) is 0. The predicted octanol–water partition coefficient (Wildman–Crippen LogP) is 4.40. The molecule has 0 amide bonds. The monoisotopic (exact) mass is 354 g/mol. The van der Waals surface area contributed by atoms with Crippen LogP contribution in [0, 0.1) is 0 Å². The van der Waals surface area contributed by atoms with Gasteiger partial charge in [0.05, 0.1) is 22.2 Å². The minimum absolute atomic E-state index is 0.306. The van der Waals surface area contributed by atoms with E-state index in [-0.39, 0.29) is 0 Å². The summed E-state index contributed by atoms with van der Waals surface area (Å²) in [5, 5.41) is 0. The van der Waals surface area contributed by atoms with Crippen LogP contribution in [0.5, 0.6) is 0 Å². The first-order chi connectivity index (χ1) is 10.8. The summed E-state index contributed by atoms with van der Waals surface area (Å²) in [6, 6.07) is 6.16. The molecule has 0 fully saturated rings. The van der Waals surface area contributed by atoms with E-state index >= 15 is 0 Å². The zero-order valence-electron chi connectivity index (χ0n) is 14.2. The average molecular weight is 355 g/mol. The van der Waals surface area contributed by atoms with E-state index < -0.39 is 14.6 Å². The summed E-state index contributed by atoms with van der Waals surface area (Å²) in [5.74, 6) is 0.306. The molecule has 4 nitrogen and oxygen atoms in total. The minimum Gasteiger partial charge on any atom is -0.228 e.